The Hall–Kier alpha value is -4.94. The van der Waals surface area contributed by atoms with Gasteiger partial charge in [0.1, 0.15) is 23.3 Å². The molecular weight excluding hydrogens is 797 g/mol. The van der Waals surface area contributed by atoms with E-state index in [2.05, 4.69) is 39.6 Å². The number of carboxylic acid groups (broad SMARTS) is 1. The van der Waals surface area contributed by atoms with Gasteiger partial charge < -0.3 is 35.8 Å². The highest BCUT2D eigenvalue weighted by atomic mass is 32.1. The van der Waals surface area contributed by atoms with Crippen LogP contribution in [0.25, 0.3) is 20.9 Å². The minimum atomic E-state index is -1.12. The molecule has 0 radical (unpaired) electrons. The zero-order valence-electron chi connectivity index (χ0n) is 34.8. The van der Waals surface area contributed by atoms with Crippen LogP contribution in [0.3, 0.4) is 0 Å². The van der Waals surface area contributed by atoms with Crippen LogP contribution in [0.4, 0.5) is 9.59 Å². The van der Waals surface area contributed by atoms with E-state index in [1.165, 1.54) is 15.3 Å². The molecule has 4 atom stereocenters. The van der Waals surface area contributed by atoms with Crippen molar-refractivity contribution in [2.75, 3.05) is 13.1 Å². The molecule has 0 bridgehead atoms. The number of thiazole rings is 2. The number of amides is 3. The van der Waals surface area contributed by atoms with Gasteiger partial charge in [-0.15, -0.1) is 22.7 Å². The molecule has 59 heavy (non-hydrogen) atoms. The van der Waals surface area contributed by atoms with Crippen LogP contribution in [0, 0.1) is 13.8 Å². The van der Waals surface area contributed by atoms with E-state index in [-0.39, 0.29) is 31.8 Å². The molecular formula is C42H56N6O9S2. The molecule has 0 spiro atoms. The fourth-order valence-corrected chi connectivity index (χ4v) is 7.81. The summed E-state index contributed by atoms with van der Waals surface area (Å²) < 4.78 is 10.4. The number of nitrogens with two attached hydrogens (primary N) is 1. The number of aromatic nitrogens is 2. The first-order valence-corrected chi connectivity index (χ1v) is 21.0. The lowest BCUT2D eigenvalue weighted by atomic mass is 10.1. The van der Waals surface area contributed by atoms with Crippen molar-refractivity contribution in [3.8, 4) is 20.9 Å². The van der Waals surface area contributed by atoms with Gasteiger partial charge in [-0.05, 0) is 77.6 Å². The first-order chi connectivity index (χ1) is 27.6. The van der Waals surface area contributed by atoms with Gasteiger partial charge in [-0.25, -0.2) is 24.4 Å². The molecule has 2 aromatic heterocycles. The molecule has 2 aliphatic rings. The Morgan fingerprint density at radius 3 is 1.51 bits per heavy atom. The number of hydrogen-bond acceptors (Lipinski definition) is 13. The number of ether oxygens (including phenoxy) is 2. The van der Waals surface area contributed by atoms with E-state index in [0.29, 0.717) is 13.1 Å². The van der Waals surface area contributed by atoms with E-state index in [1.54, 1.807) is 64.2 Å². The SMILES string of the molecule is CC(C)(C)OC(=O)N1C[C@H](O)C[C@H]1C(=O)O.Cc1ncsc1-c1ccc(CN)cc1.Cc1ncsc1-c1ccc(CNC(=O)[C@@H]2C[C@@H](O)CN2C(=O)OC(C)(C)C)cc1. The number of carboxylic acids is 1. The van der Waals surface area contributed by atoms with Crippen molar-refractivity contribution in [1.29, 1.82) is 0 Å². The topological polar surface area (TPSA) is 218 Å². The lowest BCUT2D eigenvalue weighted by molar-refractivity contribution is -0.142. The van der Waals surface area contributed by atoms with Crippen molar-refractivity contribution < 1.29 is 44.0 Å². The van der Waals surface area contributed by atoms with E-state index in [1.807, 2.05) is 49.1 Å². The molecule has 2 saturated heterocycles. The lowest BCUT2D eigenvalue weighted by Gasteiger charge is -2.27. The third kappa shape index (κ3) is 13.8. The Morgan fingerprint density at radius 2 is 1.14 bits per heavy atom. The Labute approximate surface area is 353 Å². The minimum absolute atomic E-state index is 0.00583. The normalized spacial score (nSPS) is 18.9. The van der Waals surface area contributed by atoms with Crippen LogP contribution in [0.2, 0.25) is 0 Å². The molecule has 15 nitrogen and oxygen atoms in total. The number of rotatable bonds is 7. The van der Waals surface area contributed by atoms with Crippen LogP contribution in [0.1, 0.15) is 76.9 Å². The van der Waals surface area contributed by atoms with Gasteiger partial charge in [0.05, 0.1) is 57.5 Å². The summed E-state index contributed by atoms with van der Waals surface area (Å²) in [7, 11) is 0. The number of nitrogens with one attached hydrogen (secondary N) is 1. The highest BCUT2D eigenvalue weighted by molar-refractivity contribution is 7.13. The highest BCUT2D eigenvalue weighted by Crippen LogP contribution is 2.29. The number of aliphatic carboxylic acids is 1. The number of aryl methyl sites for hydroxylation is 2. The van der Waals surface area contributed by atoms with Crippen molar-refractivity contribution in [3.05, 3.63) is 82.1 Å². The number of carbonyl (C=O) groups is 4. The predicted molar refractivity (Wildman–Crippen MR) is 227 cm³/mol. The number of benzene rings is 2. The third-order valence-electron chi connectivity index (χ3n) is 9.03. The fourth-order valence-electron chi connectivity index (χ4n) is 6.19. The molecule has 320 valence electrons. The zero-order valence-corrected chi connectivity index (χ0v) is 36.4. The summed E-state index contributed by atoms with van der Waals surface area (Å²) >= 11 is 3.27. The van der Waals surface area contributed by atoms with Crippen LogP contribution in [-0.2, 0) is 32.2 Å². The summed E-state index contributed by atoms with van der Waals surface area (Å²) in [6.45, 7) is 15.5. The van der Waals surface area contributed by atoms with E-state index in [0.717, 1.165) is 37.9 Å². The largest absolute Gasteiger partial charge is 0.480 e. The van der Waals surface area contributed by atoms with Crippen molar-refractivity contribution in [1.82, 2.24) is 25.1 Å². The lowest BCUT2D eigenvalue weighted by Crippen LogP contribution is -2.47. The molecule has 2 aromatic carbocycles. The molecule has 6 rings (SSSR count). The monoisotopic (exact) mass is 852 g/mol. The van der Waals surface area contributed by atoms with Gasteiger partial charge in [-0.1, -0.05) is 48.5 Å². The van der Waals surface area contributed by atoms with Crippen LogP contribution in [-0.4, -0.2) is 108 Å². The molecule has 2 aliphatic heterocycles. The van der Waals surface area contributed by atoms with Crippen molar-refractivity contribution in [2.45, 2.75) is 117 Å². The minimum Gasteiger partial charge on any atom is -0.480 e. The maximum absolute atomic E-state index is 12.7. The van der Waals surface area contributed by atoms with Gasteiger partial charge in [0.25, 0.3) is 0 Å². The Morgan fingerprint density at radius 1 is 0.729 bits per heavy atom. The second kappa shape index (κ2) is 20.4. The summed E-state index contributed by atoms with van der Waals surface area (Å²) in [5.74, 6) is -1.42. The number of likely N-dealkylation sites (tertiary alicyclic amines) is 2. The molecule has 4 aromatic rings. The van der Waals surface area contributed by atoms with Crippen LogP contribution >= 0.6 is 22.7 Å². The standard InChI is InChI=1S/C21H27N3O4S.C11H12N2S.C10H17NO5/c1-13-18(29-12-23-13)15-7-5-14(6-8-15)10-22-19(26)17-9-16(25)11-24(17)20(27)28-21(2,3)4;1-8-11(14-7-13-8)10-4-2-9(6-12)3-5-10;1-10(2,3)16-9(15)11-5-6(12)4-7(11)8(13)14/h5-8,12,16-17,25H,9-11H2,1-4H3,(H,22,26);2-5,7H,6,12H2,1H3;6-7,12H,4-5H2,1-3H3,(H,13,14)/t16-,17+;;6-,7+/m1.1/s1. The Kier molecular flexibility index (Phi) is 16.1. The molecule has 17 heteroatoms. The fraction of sp³-hybridized carbons (Fsp3) is 0.476. The maximum Gasteiger partial charge on any atom is 0.411 e. The van der Waals surface area contributed by atoms with Gasteiger partial charge in [0, 0.05) is 25.9 Å². The number of β-amino-alcohol motifs (C(OH)–C–C–N with tert-alkyl or cyclic N) is 2. The van der Waals surface area contributed by atoms with Crippen molar-refractivity contribution >= 4 is 46.7 Å². The summed E-state index contributed by atoms with van der Waals surface area (Å²) in [6, 6.07) is 14.5. The van der Waals surface area contributed by atoms with Gasteiger partial charge in [0.2, 0.25) is 5.91 Å². The molecule has 3 amide bonds. The van der Waals surface area contributed by atoms with E-state index in [4.69, 9.17) is 20.3 Å². The van der Waals surface area contributed by atoms with Gasteiger partial charge in [-0.2, -0.15) is 0 Å². The summed E-state index contributed by atoms with van der Waals surface area (Å²) in [5.41, 5.74) is 14.4. The summed E-state index contributed by atoms with van der Waals surface area (Å²) in [6.07, 6.45) is -2.56. The van der Waals surface area contributed by atoms with E-state index in [9.17, 15) is 29.4 Å². The Balaban J connectivity index is 0.000000216. The quantitative estimate of drug-likeness (QED) is 0.142. The summed E-state index contributed by atoms with van der Waals surface area (Å²) in [4.78, 5) is 60.8. The number of aliphatic hydroxyl groups excluding tert-OH is 2. The third-order valence-corrected chi connectivity index (χ3v) is 11.0. The molecule has 6 N–H and O–H groups in total. The number of aliphatic hydroxyl groups is 2. The van der Waals surface area contributed by atoms with Crippen LogP contribution in [0.5, 0.6) is 0 Å². The van der Waals surface area contributed by atoms with Crippen molar-refractivity contribution in [3.63, 3.8) is 0 Å². The molecule has 0 unspecified atom stereocenters. The van der Waals surface area contributed by atoms with Crippen molar-refractivity contribution in [2.24, 2.45) is 5.73 Å². The average Bonchev–Trinajstić information content (AvgIpc) is 3.97. The van der Waals surface area contributed by atoms with Gasteiger partial charge in [0.15, 0.2) is 0 Å². The average molecular weight is 853 g/mol. The first-order valence-electron chi connectivity index (χ1n) is 19.2. The second-order valence-corrected chi connectivity index (χ2v) is 18.0. The highest BCUT2D eigenvalue weighted by Gasteiger charge is 2.42. The second-order valence-electron chi connectivity index (χ2n) is 16.3. The summed E-state index contributed by atoms with van der Waals surface area (Å²) in [5, 5.41) is 31.1. The maximum atomic E-state index is 12.7. The first kappa shape index (κ1) is 46.7. The zero-order chi connectivity index (χ0) is 43.7. The number of carbonyl (C=O) groups excluding carboxylic acids is 3. The molecule has 0 saturated carbocycles. The molecule has 0 aliphatic carbocycles. The number of nitrogens with zero attached hydrogens (tertiary/aromatic N) is 4. The Bertz CT molecular complexity index is 2020. The molecule has 4 heterocycles. The predicted octanol–water partition coefficient (Wildman–Crippen LogP) is 6.12. The smallest absolute Gasteiger partial charge is 0.411 e. The molecule has 2 fully saturated rings. The van der Waals surface area contributed by atoms with E-state index >= 15 is 0 Å². The van der Waals surface area contributed by atoms with Gasteiger partial charge in [-0.3, -0.25) is 14.6 Å². The van der Waals surface area contributed by atoms with Gasteiger partial charge >= 0.3 is 18.2 Å². The number of hydrogen-bond donors (Lipinski definition) is 5. The van der Waals surface area contributed by atoms with Crippen LogP contribution < -0.4 is 11.1 Å². The van der Waals surface area contributed by atoms with Crippen LogP contribution in [0.15, 0.2) is 59.6 Å². The van der Waals surface area contributed by atoms with E-state index < -0.39 is 53.6 Å².